The van der Waals surface area contributed by atoms with Gasteiger partial charge in [-0.05, 0) is 73.1 Å². The van der Waals surface area contributed by atoms with E-state index in [1.807, 2.05) is 62.5 Å². The zero-order valence-corrected chi connectivity index (χ0v) is 24.4. The van der Waals surface area contributed by atoms with E-state index in [1.54, 1.807) is 11.9 Å². The third kappa shape index (κ3) is 6.66. The second-order valence-corrected chi connectivity index (χ2v) is 11.4. The smallest absolute Gasteiger partial charge is 0.254 e. The van der Waals surface area contributed by atoms with Crippen LogP contribution in [0.1, 0.15) is 46.0 Å². The van der Waals surface area contributed by atoms with E-state index in [4.69, 9.17) is 0 Å². The number of aryl methyl sites for hydroxylation is 2. The minimum Gasteiger partial charge on any atom is -0.361 e. The first kappa shape index (κ1) is 28.1. The number of hydrogen-bond acceptors (Lipinski definition) is 2. The summed E-state index contributed by atoms with van der Waals surface area (Å²) in [5.41, 5.74) is 8.33. The number of carbonyl (C=O) groups excluding carboxylic acids is 2. The van der Waals surface area contributed by atoms with Gasteiger partial charge in [0.2, 0.25) is 0 Å². The molecule has 1 N–H and O–H groups in total. The number of carbonyl (C=O) groups is 2. The zero-order chi connectivity index (χ0) is 28.9. The van der Waals surface area contributed by atoms with Crippen LogP contribution < -0.4 is 0 Å². The van der Waals surface area contributed by atoms with Crippen molar-refractivity contribution in [2.24, 2.45) is 5.92 Å². The van der Waals surface area contributed by atoms with Crippen LogP contribution in [0.15, 0.2) is 103 Å². The van der Waals surface area contributed by atoms with Gasteiger partial charge in [-0.2, -0.15) is 0 Å². The molecular formula is C37H38N2O2. The predicted molar refractivity (Wildman–Crippen MR) is 168 cm³/mol. The molecule has 41 heavy (non-hydrogen) atoms. The maximum absolute atomic E-state index is 13.9. The highest BCUT2D eigenvalue weighted by Crippen LogP contribution is 2.25. The maximum atomic E-state index is 13.9. The van der Waals surface area contributed by atoms with Gasteiger partial charge in [0.1, 0.15) is 0 Å². The molecule has 0 bridgehead atoms. The highest BCUT2D eigenvalue weighted by Gasteiger charge is 2.29. The van der Waals surface area contributed by atoms with Crippen LogP contribution in [-0.4, -0.2) is 34.7 Å². The average Bonchev–Trinajstić information content (AvgIpc) is 3.37. The van der Waals surface area contributed by atoms with Crippen LogP contribution in [0.2, 0.25) is 0 Å². The van der Waals surface area contributed by atoms with Gasteiger partial charge in [-0.3, -0.25) is 9.59 Å². The number of Topliss-reactive ketones (excluding diaryl/α,β-unsaturated/α-hetero) is 1. The van der Waals surface area contributed by atoms with E-state index in [0.29, 0.717) is 18.4 Å². The molecule has 1 amide bonds. The molecule has 0 fully saturated rings. The van der Waals surface area contributed by atoms with Gasteiger partial charge in [0.05, 0.1) is 6.04 Å². The number of H-pyrrole nitrogens is 1. The summed E-state index contributed by atoms with van der Waals surface area (Å²) in [5.74, 6) is 0.0967. The van der Waals surface area contributed by atoms with Crippen molar-refractivity contribution in [2.45, 2.75) is 46.1 Å². The molecule has 208 valence electrons. The third-order valence-corrected chi connectivity index (χ3v) is 7.91. The van der Waals surface area contributed by atoms with Gasteiger partial charge in [0, 0.05) is 36.1 Å². The third-order valence-electron chi connectivity index (χ3n) is 7.91. The van der Waals surface area contributed by atoms with E-state index in [0.717, 1.165) is 39.8 Å². The molecule has 0 aliphatic heterocycles. The van der Waals surface area contributed by atoms with Crippen molar-refractivity contribution in [3.63, 3.8) is 0 Å². The molecule has 0 aliphatic rings. The number of para-hydroxylation sites is 1. The number of likely N-dealkylation sites (N-methyl/N-ethyl adjacent to an activating group) is 1. The molecule has 5 aromatic rings. The first-order chi connectivity index (χ1) is 19.8. The molecule has 0 aliphatic carbocycles. The van der Waals surface area contributed by atoms with Crippen LogP contribution >= 0.6 is 0 Å². The monoisotopic (exact) mass is 542 g/mol. The number of aromatic amines is 1. The van der Waals surface area contributed by atoms with Crippen LogP contribution in [-0.2, 0) is 17.6 Å². The fourth-order valence-corrected chi connectivity index (χ4v) is 5.82. The normalized spacial score (nSPS) is 12.7. The lowest BCUT2D eigenvalue weighted by atomic mass is 9.90. The van der Waals surface area contributed by atoms with Crippen molar-refractivity contribution in [1.82, 2.24) is 9.88 Å². The maximum Gasteiger partial charge on any atom is 0.254 e. The van der Waals surface area contributed by atoms with Gasteiger partial charge in [-0.1, -0.05) is 96.9 Å². The standard InChI is InChI=1S/C37H38N2O2/c1-25-18-26(2)20-31(19-25)37(41)39(4)35(23-28-14-16-30(17-15-28)29-10-6-5-7-11-29)36(40)22-27(3)21-32-24-38-34-13-9-8-12-33(32)34/h5-20,24,27,35,38H,21-23H2,1-4H3/t27-,35-/m1/s1. The Morgan fingerprint density at radius 3 is 2.12 bits per heavy atom. The average molecular weight is 543 g/mol. The van der Waals surface area contributed by atoms with Gasteiger partial charge < -0.3 is 9.88 Å². The molecule has 1 heterocycles. The summed E-state index contributed by atoms with van der Waals surface area (Å²) in [6.07, 6.45) is 3.72. The predicted octanol–water partition coefficient (Wildman–Crippen LogP) is 7.97. The SMILES string of the molecule is Cc1cc(C)cc(C(=O)N(C)[C@H](Cc2ccc(-c3ccccc3)cc2)C(=O)C[C@H](C)Cc2c[nH]c3ccccc23)c1. The van der Waals surface area contributed by atoms with Crippen molar-refractivity contribution in [1.29, 1.82) is 0 Å². The number of hydrogen-bond donors (Lipinski definition) is 1. The molecule has 4 nitrogen and oxygen atoms in total. The fraction of sp³-hybridized carbons (Fsp3) is 0.243. The summed E-state index contributed by atoms with van der Waals surface area (Å²) in [4.78, 5) is 32.6. The van der Waals surface area contributed by atoms with E-state index in [-0.39, 0.29) is 17.6 Å². The Hall–Kier alpha value is -4.44. The largest absolute Gasteiger partial charge is 0.361 e. The van der Waals surface area contributed by atoms with Crippen molar-refractivity contribution >= 4 is 22.6 Å². The highest BCUT2D eigenvalue weighted by molar-refractivity contribution is 5.98. The Morgan fingerprint density at radius 2 is 1.41 bits per heavy atom. The van der Waals surface area contributed by atoms with Gasteiger partial charge in [-0.25, -0.2) is 0 Å². The van der Waals surface area contributed by atoms with Gasteiger partial charge in [0.15, 0.2) is 5.78 Å². The summed E-state index contributed by atoms with van der Waals surface area (Å²) < 4.78 is 0. The number of nitrogens with one attached hydrogen (secondary N) is 1. The Labute approximate surface area is 243 Å². The fourth-order valence-electron chi connectivity index (χ4n) is 5.82. The van der Waals surface area contributed by atoms with E-state index in [2.05, 4.69) is 66.5 Å². The minimum atomic E-state index is -0.559. The van der Waals surface area contributed by atoms with E-state index >= 15 is 0 Å². The van der Waals surface area contributed by atoms with Crippen LogP contribution in [0, 0.1) is 19.8 Å². The molecule has 4 aromatic carbocycles. The first-order valence-electron chi connectivity index (χ1n) is 14.4. The zero-order valence-electron chi connectivity index (χ0n) is 24.4. The van der Waals surface area contributed by atoms with Crippen molar-refractivity contribution in [3.8, 4) is 11.1 Å². The van der Waals surface area contributed by atoms with Gasteiger partial charge in [-0.15, -0.1) is 0 Å². The Morgan fingerprint density at radius 1 is 0.780 bits per heavy atom. The van der Waals surface area contributed by atoms with E-state index in [9.17, 15) is 9.59 Å². The summed E-state index contributed by atoms with van der Waals surface area (Å²) in [5, 5.41) is 1.20. The van der Waals surface area contributed by atoms with Crippen molar-refractivity contribution in [2.75, 3.05) is 7.05 Å². The molecule has 0 saturated heterocycles. The lowest BCUT2D eigenvalue weighted by Crippen LogP contribution is -2.44. The van der Waals surface area contributed by atoms with Crippen LogP contribution in [0.4, 0.5) is 0 Å². The summed E-state index contributed by atoms with van der Waals surface area (Å²) >= 11 is 0. The lowest BCUT2D eigenvalue weighted by molar-refractivity contribution is -0.124. The van der Waals surface area contributed by atoms with Crippen molar-refractivity contribution in [3.05, 3.63) is 131 Å². The summed E-state index contributed by atoms with van der Waals surface area (Å²) in [6, 6.07) is 32.2. The number of amides is 1. The quantitative estimate of drug-likeness (QED) is 0.195. The first-order valence-corrected chi connectivity index (χ1v) is 14.4. The molecule has 1 aromatic heterocycles. The lowest BCUT2D eigenvalue weighted by Gasteiger charge is -2.29. The second kappa shape index (κ2) is 12.4. The molecular weight excluding hydrogens is 504 g/mol. The van der Waals surface area contributed by atoms with Gasteiger partial charge >= 0.3 is 0 Å². The Balaban J connectivity index is 1.37. The van der Waals surface area contributed by atoms with E-state index in [1.165, 1.54) is 10.9 Å². The molecule has 0 spiro atoms. The van der Waals surface area contributed by atoms with Crippen LogP contribution in [0.5, 0.6) is 0 Å². The van der Waals surface area contributed by atoms with Crippen molar-refractivity contribution < 1.29 is 9.59 Å². The van der Waals surface area contributed by atoms with Crippen LogP contribution in [0.3, 0.4) is 0 Å². The molecule has 5 rings (SSSR count). The Bertz CT molecular complexity index is 1630. The molecule has 2 atom stereocenters. The second-order valence-electron chi connectivity index (χ2n) is 11.4. The molecule has 4 heteroatoms. The molecule has 0 unspecified atom stereocenters. The topological polar surface area (TPSA) is 53.2 Å². The summed E-state index contributed by atoms with van der Waals surface area (Å²) in [6.45, 7) is 6.11. The number of nitrogens with zero attached hydrogens (tertiary/aromatic N) is 1. The van der Waals surface area contributed by atoms with Gasteiger partial charge in [0.25, 0.3) is 5.91 Å². The number of benzene rings is 4. The van der Waals surface area contributed by atoms with E-state index < -0.39 is 6.04 Å². The minimum absolute atomic E-state index is 0.0877. The number of aromatic nitrogens is 1. The number of rotatable bonds is 10. The molecule has 0 saturated carbocycles. The molecule has 0 radical (unpaired) electrons. The number of ketones is 1. The highest BCUT2D eigenvalue weighted by atomic mass is 16.2. The summed E-state index contributed by atoms with van der Waals surface area (Å²) in [7, 11) is 1.77. The number of fused-ring (bicyclic) bond motifs is 1. The Kier molecular flexibility index (Phi) is 8.49. The van der Waals surface area contributed by atoms with Crippen LogP contribution in [0.25, 0.3) is 22.0 Å².